The van der Waals surface area contributed by atoms with Crippen LogP contribution in [0.15, 0.2) is 60.2 Å². The van der Waals surface area contributed by atoms with E-state index in [1.165, 1.54) is 5.57 Å². The molecule has 1 fully saturated rings. The molecule has 1 atom stereocenters. The second-order valence-electron chi connectivity index (χ2n) is 12.3. The molecule has 0 aromatic heterocycles. The van der Waals surface area contributed by atoms with Crippen molar-refractivity contribution in [2.24, 2.45) is 17.3 Å². The molecule has 2 aromatic rings. The molecule has 0 radical (unpaired) electrons. The van der Waals surface area contributed by atoms with E-state index < -0.39 is 0 Å². The SMILES string of the molecule is COc1ccc(NC(=O)N2CCC(CN(C/C(C)=C/c3ccccc3)C(=O)C[C@H](C)CC(C)(C)C)CC2)cc1. The van der Waals surface area contributed by atoms with Gasteiger partial charge in [0, 0.05) is 38.3 Å². The predicted molar refractivity (Wildman–Crippen MR) is 161 cm³/mol. The predicted octanol–water partition coefficient (Wildman–Crippen LogP) is 7.33. The summed E-state index contributed by atoms with van der Waals surface area (Å²) in [5.41, 5.74) is 3.28. The van der Waals surface area contributed by atoms with Gasteiger partial charge in [0.1, 0.15) is 5.75 Å². The van der Waals surface area contributed by atoms with Gasteiger partial charge in [-0.1, -0.05) is 69.7 Å². The van der Waals surface area contributed by atoms with E-state index in [0.29, 0.717) is 37.9 Å². The van der Waals surface area contributed by atoms with E-state index >= 15 is 0 Å². The summed E-state index contributed by atoms with van der Waals surface area (Å²) in [6.07, 6.45) is 5.54. The number of carbonyl (C=O) groups is 2. The van der Waals surface area contributed by atoms with Gasteiger partial charge >= 0.3 is 6.03 Å². The number of benzene rings is 2. The first kappa shape index (κ1) is 30.3. The molecule has 6 heteroatoms. The van der Waals surface area contributed by atoms with Crippen molar-refractivity contribution in [1.29, 1.82) is 0 Å². The normalized spacial score (nSPS) is 15.5. The number of urea groups is 1. The number of carbonyl (C=O) groups excluding carboxylic acids is 2. The van der Waals surface area contributed by atoms with Gasteiger partial charge < -0.3 is 19.9 Å². The lowest BCUT2D eigenvalue weighted by Gasteiger charge is -2.35. The van der Waals surface area contributed by atoms with Crippen molar-refractivity contribution in [3.8, 4) is 5.75 Å². The van der Waals surface area contributed by atoms with Crippen LogP contribution in [0.2, 0.25) is 0 Å². The maximum Gasteiger partial charge on any atom is 0.321 e. The van der Waals surface area contributed by atoms with Gasteiger partial charge in [-0.3, -0.25) is 4.79 Å². The zero-order chi connectivity index (χ0) is 28.4. The van der Waals surface area contributed by atoms with Gasteiger partial charge in [-0.05, 0) is 73.3 Å². The number of anilines is 1. The number of amides is 3. The van der Waals surface area contributed by atoms with Crippen LogP contribution in [0.4, 0.5) is 10.5 Å². The third kappa shape index (κ3) is 10.4. The van der Waals surface area contributed by atoms with Crippen LogP contribution in [-0.2, 0) is 4.79 Å². The number of nitrogens with zero attached hydrogens (tertiary/aromatic N) is 2. The molecule has 0 saturated carbocycles. The highest BCUT2D eigenvalue weighted by atomic mass is 16.5. The number of ether oxygens (including phenoxy) is 1. The molecule has 212 valence electrons. The monoisotopic (exact) mass is 533 g/mol. The van der Waals surface area contributed by atoms with Crippen molar-refractivity contribution >= 4 is 23.7 Å². The van der Waals surface area contributed by atoms with E-state index in [0.717, 1.165) is 42.8 Å². The summed E-state index contributed by atoms with van der Waals surface area (Å²) in [4.78, 5) is 30.3. The minimum atomic E-state index is -0.0795. The van der Waals surface area contributed by atoms with Gasteiger partial charge in [-0.15, -0.1) is 0 Å². The molecule has 1 aliphatic rings. The van der Waals surface area contributed by atoms with Crippen LogP contribution in [0.3, 0.4) is 0 Å². The first-order chi connectivity index (χ1) is 18.5. The molecule has 2 aromatic carbocycles. The Morgan fingerprint density at radius 2 is 1.72 bits per heavy atom. The van der Waals surface area contributed by atoms with Gasteiger partial charge in [0.15, 0.2) is 0 Å². The number of nitrogens with one attached hydrogen (secondary N) is 1. The molecule has 6 nitrogen and oxygen atoms in total. The molecule has 0 aliphatic carbocycles. The van der Waals surface area contributed by atoms with Crippen molar-refractivity contribution in [3.05, 3.63) is 65.7 Å². The molecule has 0 spiro atoms. The number of rotatable bonds is 10. The standard InChI is InChI=1S/C33H47N3O3/c1-25(22-33(3,4)5)21-31(37)36(23-26(2)20-27-10-8-7-9-11-27)24-28-16-18-35(19-17-28)32(38)34-29-12-14-30(39-6)15-13-29/h7-15,20,25,28H,16-19,21-24H2,1-6H3,(H,34,38)/b26-20+/t25-/m0/s1. The molecule has 3 amide bonds. The molecule has 1 aliphatic heterocycles. The minimum Gasteiger partial charge on any atom is -0.497 e. The summed E-state index contributed by atoms with van der Waals surface area (Å²) in [5, 5.41) is 2.99. The Hall–Kier alpha value is -3.28. The fraction of sp³-hybridized carbons (Fsp3) is 0.515. The second-order valence-corrected chi connectivity index (χ2v) is 12.3. The van der Waals surface area contributed by atoms with E-state index in [2.05, 4.69) is 63.0 Å². The number of hydrogen-bond donors (Lipinski definition) is 1. The van der Waals surface area contributed by atoms with Crippen molar-refractivity contribution in [2.75, 3.05) is 38.6 Å². The van der Waals surface area contributed by atoms with Crippen LogP contribution in [0.5, 0.6) is 5.75 Å². The average molecular weight is 534 g/mol. The van der Waals surface area contributed by atoms with Gasteiger partial charge in [-0.25, -0.2) is 4.79 Å². The average Bonchev–Trinajstić information content (AvgIpc) is 2.88. The Bertz CT molecular complexity index is 1080. The molecule has 0 unspecified atom stereocenters. The molecule has 0 bridgehead atoms. The maximum atomic E-state index is 13.5. The summed E-state index contributed by atoms with van der Waals surface area (Å²) in [5.74, 6) is 1.70. The Morgan fingerprint density at radius 3 is 2.31 bits per heavy atom. The van der Waals surface area contributed by atoms with Crippen LogP contribution in [-0.4, -0.2) is 55.0 Å². The van der Waals surface area contributed by atoms with E-state index in [4.69, 9.17) is 4.74 Å². The smallest absolute Gasteiger partial charge is 0.321 e. The molecule has 1 saturated heterocycles. The van der Waals surface area contributed by atoms with Gasteiger partial charge in [0.25, 0.3) is 0 Å². The summed E-state index contributed by atoms with van der Waals surface area (Å²) in [6.45, 7) is 13.7. The highest BCUT2D eigenvalue weighted by molar-refractivity contribution is 5.89. The number of piperidine rings is 1. The molecule has 1 heterocycles. The van der Waals surface area contributed by atoms with Crippen molar-refractivity contribution < 1.29 is 14.3 Å². The fourth-order valence-electron chi connectivity index (χ4n) is 5.49. The summed E-state index contributed by atoms with van der Waals surface area (Å²) in [7, 11) is 1.62. The van der Waals surface area contributed by atoms with Crippen LogP contribution < -0.4 is 10.1 Å². The van der Waals surface area contributed by atoms with Crippen LogP contribution >= 0.6 is 0 Å². The Kier molecular flexibility index (Phi) is 11.0. The number of methoxy groups -OCH3 is 1. The Morgan fingerprint density at radius 1 is 1.08 bits per heavy atom. The van der Waals surface area contributed by atoms with Crippen molar-refractivity contribution in [3.63, 3.8) is 0 Å². The fourth-order valence-corrected chi connectivity index (χ4v) is 5.49. The Balaban J connectivity index is 1.60. The lowest BCUT2D eigenvalue weighted by Crippen LogP contribution is -2.44. The lowest BCUT2D eigenvalue weighted by molar-refractivity contribution is -0.132. The van der Waals surface area contributed by atoms with E-state index in [1.807, 2.05) is 47.4 Å². The Labute approximate surface area is 235 Å². The quantitative estimate of drug-likeness (QED) is 0.348. The largest absolute Gasteiger partial charge is 0.497 e. The van der Waals surface area contributed by atoms with Crippen LogP contribution in [0.1, 0.15) is 65.9 Å². The van der Waals surface area contributed by atoms with Crippen LogP contribution in [0, 0.1) is 17.3 Å². The zero-order valence-electron chi connectivity index (χ0n) is 24.7. The third-order valence-electron chi connectivity index (χ3n) is 7.21. The molecule has 3 rings (SSSR count). The summed E-state index contributed by atoms with van der Waals surface area (Å²) >= 11 is 0. The topological polar surface area (TPSA) is 61.9 Å². The summed E-state index contributed by atoms with van der Waals surface area (Å²) < 4.78 is 5.19. The first-order valence-corrected chi connectivity index (χ1v) is 14.2. The van der Waals surface area contributed by atoms with Crippen molar-refractivity contribution in [2.45, 2.75) is 60.3 Å². The zero-order valence-corrected chi connectivity index (χ0v) is 24.7. The third-order valence-corrected chi connectivity index (χ3v) is 7.21. The van der Waals surface area contributed by atoms with E-state index in [-0.39, 0.29) is 17.4 Å². The molecular weight excluding hydrogens is 486 g/mol. The maximum absolute atomic E-state index is 13.5. The molecule has 39 heavy (non-hydrogen) atoms. The highest BCUT2D eigenvalue weighted by Crippen LogP contribution is 2.27. The van der Waals surface area contributed by atoms with E-state index in [1.54, 1.807) is 7.11 Å². The lowest BCUT2D eigenvalue weighted by atomic mass is 9.84. The van der Waals surface area contributed by atoms with Crippen molar-refractivity contribution in [1.82, 2.24) is 9.80 Å². The number of likely N-dealkylation sites (tertiary alicyclic amines) is 1. The second kappa shape index (κ2) is 14.2. The van der Waals surface area contributed by atoms with Gasteiger partial charge in [0.05, 0.1) is 7.11 Å². The minimum absolute atomic E-state index is 0.0795. The molecular formula is C33H47N3O3. The van der Waals surface area contributed by atoms with Gasteiger partial charge in [-0.2, -0.15) is 0 Å². The summed E-state index contributed by atoms with van der Waals surface area (Å²) in [6, 6.07) is 17.6. The van der Waals surface area contributed by atoms with Gasteiger partial charge in [0.2, 0.25) is 5.91 Å². The van der Waals surface area contributed by atoms with Crippen LogP contribution in [0.25, 0.3) is 6.08 Å². The highest BCUT2D eigenvalue weighted by Gasteiger charge is 2.27. The van der Waals surface area contributed by atoms with E-state index in [9.17, 15) is 9.59 Å². The number of hydrogen-bond acceptors (Lipinski definition) is 3. The molecule has 1 N–H and O–H groups in total. The first-order valence-electron chi connectivity index (χ1n) is 14.2.